The van der Waals surface area contributed by atoms with E-state index in [1.807, 2.05) is 30.0 Å². The molecule has 0 unspecified atom stereocenters. The number of hydrogen-bond acceptors (Lipinski definition) is 8. The summed E-state index contributed by atoms with van der Waals surface area (Å²) in [5.41, 5.74) is 4.80. The molecule has 10 heteroatoms. The zero-order valence-corrected chi connectivity index (χ0v) is 21.1. The molecule has 4 heterocycles. The lowest BCUT2D eigenvalue weighted by Gasteiger charge is -2.29. The largest absolute Gasteiger partial charge is 0.486 e. The van der Waals surface area contributed by atoms with E-state index < -0.39 is 0 Å². The van der Waals surface area contributed by atoms with E-state index in [1.54, 1.807) is 24.5 Å². The number of aromatic nitrogens is 5. The van der Waals surface area contributed by atoms with Gasteiger partial charge in [0.25, 0.3) is 0 Å². The van der Waals surface area contributed by atoms with Crippen molar-refractivity contribution in [2.75, 3.05) is 6.54 Å². The molecule has 0 radical (unpaired) electrons. The Balaban J connectivity index is 1.23. The molecule has 1 aliphatic heterocycles. The molecule has 0 saturated heterocycles. The molecule has 10 nitrogen and oxygen atoms in total. The van der Waals surface area contributed by atoms with Crippen LogP contribution in [0, 0.1) is 6.92 Å². The first-order chi connectivity index (χ1) is 18.6. The van der Waals surface area contributed by atoms with Crippen molar-refractivity contribution in [1.29, 1.82) is 0 Å². The summed E-state index contributed by atoms with van der Waals surface area (Å²) < 4.78 is 17.6. The van der Waals surface area contributed by atoms with E-state index in [4.69, 9.17) is 18.6 Å². The summed E-state index contributed by atoms with van der Waals surface area (Å²) in [7, 11) is 0. The SMILES string of the molecule is Cc1oc(C2=CCCCC2)nc1COc1cc2c(cc1-c1nn[nH]n1)CCN(C(=O)/C=C/c1ccco1)C2. The molecule has 1 aromatic carbocycles. The summed E-state index contributed by atoms with van der Waals surface area (Å²) in [5, 5.41) is 14.6. The molecule has 1 N–H and O–H groups in total. The Bertz CT molecular complexity index is 1480. The summed E-state index contributed by atoms with van der Waals surface area (Å²) in [5.74, 6) is 3.05. The smallest absolute Gasteiger partial charge is 0.246 e. The molecule has 3 aromatic heterocycles. The van der Waals surface area contributed by atoms with Gasteiger partial charge in [-0.1, -0.05) is 6.08 Å². The van der Waals surface area contributed by atoms with Gasteiger partial charge in [0.2, 0.25) is 17.6 Å². The van der Waals surface area contributed by atoms with Gasteiger partial charge in [-0.25, -0.2) is 4.98 Å². The summed E-state index contributed by atoms with van der Waals surface area (Å²) in [6.07, 6.45) is 12.1. The van der Waals surface area contributed by atoms with Crippen LogP contribution in [-0.4, -0.2) is 43.0 Å². The predicted molar refractivity (Wildman–Crippen MR) is 138 cm³/mol. The van der Waals surface area contributed by atoms with Crippen molar-refractivity contribution in [1.82, 2.24) is 30.5 Å². The highest BCUT2D eigenvalue weighted by Gasteiger charge is 2.24. The molecule has 1 amide bonds. The number of furan rings is 1. The summed E-state index contributed by atoms with van der Waals surface area (Å²) in [4.78, 5) is 19.4. The van der Waals surface area contributed by atoms with Crippen molar-refractivity contribution in [3.63, 3.8) is 0 Å². The number of nitrogens with zero attached hydrogens (tertiary/aromatic N) is 5. The Labute approximate surface area is 219 Å². The van der Waals surface area contributed by atoms with Crippen LogP contribution in [0.1, 0.15) is 59.9 Å². The highest BCUT2D eigenvalue weighted by molar-refractivity contribution is 5.91. The molecule has 0 saturated carbocycles. The summed E-state index contributed by atoms with van der Waals surface area (Å²) in [6.45, 7) is 3.23. The molecule has 2 aliphatic rings. The second kappa shape index (κ2) is 10.5. The van der Waals surface area contributed by atoms with Crippen LogP contribution in [0.5, 0.6) is 5.75 Å². The average molecular weight is 513 g/mol. The molecule has 0 atom stereocenters. The molecule has 6 rings (SSSR count). The number of aromatic amines is 1. The number of H-pyrrole nitrogens is 1. The summed E-state index contributed by atoms with van der Waals surface area (Å²) >= 11 is 0. The maximum Gasteiger partial charge on any atom is 0.246 e. The minimum absolute atomic E-state index is 0.0699. The zero-order chi connectivity index (χ0) is 25.9. The van der Waals surface area contributed by atoms with Gasteiger partial charge in [-0.05, 0) is 85.7 Å². The maximum absolute atomic E-state index is 12.8. The molecule has 0 bridgehead atoms. The van der Waals surface area contributed by atoms with Gasteiger partial charge in [-0.3, -0.25) is 4.79 Å². The van der Waals surface area contributed by atoms with E-state index in [2.05, 4.69) is 26.7 Å². The lowest BCUT2D eigenvalue weighted by molar-refractivity contribution is -0.126. The Morgan fingerprint density at radius 3 is 2.97 bits per heavy atom. The number of aryl methyl sites for hydroxylation is 1. The number of fused-ring (bicyclic) bond motifs is 1. The van der Waals surface area contributed by atoms with E-state index in [9.17, 15) is 4.79 Å². The van der Waals surface area contributed by atoms with Crippen LogP contribution in [0.15, 0.2) is 51.5 Å². The number of rotatable bonds is 7. The van der Waals surface area contributed by atoms with Gasteiger partial charge in [-0.15, -0.1) is 10.2 Å². The number of ether oxygens (including phenoxy) is 1. The van der Waals surface area contributed by atoms with Gasteiger partial charge in [0, 0.05) is 24.7 Å². The number of tetrazole rings is 1. The first-order valence-electron chi connectivity index (χ1n) is 12.8. The highest BCUT2D eigenvalue weighted by Crippen LogP contribution is 2.34. The minimum Gasteiger partial charge on any atom is -0.486 e. The molecule has 194 valence electrons. The Morgan fingerprint density at radius 2 is 2.18 bits per heavy atom. The molecule has 4 aromatic rings. The van der Waals surface area contributed by atoms with Crippen molar-refractivity contribution >= 4 is 17.6 Å². The third-order valence-corrected chi connectivity index (χ3v) is 6.97. The van der Waals surface area contributed by atoms with Crippen molar-refractivity contribution in [2.24, 2.45) is 0 Å². The van der Waals surface area contributed by atoms with Crippen LogP contribution in [-0.2, 0) is 24.4 Å². The van der Waals surface area contributed by atoms with Crippen molar-refractivity contribution in [3.8, 4) is 17.1 Å². The quantitative estimate of drug-likeness (QED) is 0.347. The number of hydrogen-bond donors (Lipinski definition) is 1. The van der Waals surface area contributed by atoms with Gasteiger partial charge in [0.05, 0.1) is 11.8 Å². The fraction of sp³-hybridized carbons (Fsp3) is 0.321. The first-order valence-corrected chi connectivity index (χ1v) is 12.8. The second-order valence-electron chi connectivity index (χ2n) is 9.50. The minimum atomic E-state index is -0.0699. The van der Waals surface area contributed by atoms with Gasteiger partial charge < -0.3 is 18.5 Å². The predicted octanol–water partition coefficient (Wildman–Crippen LogP) is 4.89. The van der Waals surface area contributed by atoms with E-state index in [0.717, 1.165) is 53.0 Å². The fourth-order valence-corrected chi connectivity index (χ4v) is 4.87. The lowest BCUT2D eigenvalue weighted by Crippen LogP contribution is -2.34. The fourth-order valence-electron chi connectivity index (χ4n) is 4.87. The van der Waals surface area contributed by atoms with Crippen molar-refractivity contribution in [3.05, 3.63) is 76.9 Å². The van der Waals surface area contributed by atoms with E-state index in [-0.39, 0.29) is 12.5 Å². The van der Waals surface area contributed by atoms with Crippen LogP contribution < -0.4 is 4.74 Å². The molecule has 38 heavy (non-hydrogen) atoms. The van der Waals surface area contributed by atoms with Crippen LogP contribution in [0.4, 0.5) is 0 Å². The van der Waals surface area contributed by atoms with Crippen LogP contribution in [0.3, 0.4) is 0 Å². The van der Waals surface area contributed by atoms with E-state index in [1.165, 1.54) is 6.42 Å². The average Bonchev–Trinajstić information content (AvgIpc) is 3.73. The highest BCUT2D eigenvalue weighted by atomic mass is 16.5. The first kappa shape index (κ1) is 23.9. The van der Waals surface area contributed by atoms with Gasteiger partial charge >= 0.3 is 0 Å². The number of benzene rings is 1. The normalized spacial score (nSPS) is 15.5. The second-order valence-corrected chi connectivity index (χ2v) is 9.50. The standard InChI is InChI=1S/C28H28N6O4/c1-18-24(29-28(38-18)19-6-3-2-4-7-19)17-37-25-15-21-16-34(26(35)10-9-22-8-5-13-36-22)12-11-20(21)14-23(25)27-30-32-33-31-27/h5-6,8-10,13-15H,2-4,7,11-12,16-17H2,1H3,(H,30,31,32,33)/b10-9+. The van der Waals surface area contributed by atoms with Crippen LogP contribution >= 0.6 is 0 Å². The molecule has 0 spiro atoms. The number of nitrogens with one attached hydrogen (secondary N) is 1. The zero-order valence-electron chi connectivity index (χ0n) is 21.1. The van der Waals surface area contributed by atoms with Gasteiger partial charge in [-0.2, -0.15) is 5.21 Å². The maximum atomic E-state index is 12.8. The lowest BCUT2D eigenvalue weighted by atomic mass is 9.96. The van der Waals surface area contributed by atoms with Crippen LogP contribution in [0.25, 0.3) is 23.0 Å². The number of carbonyl (C=O) groups excluding carboxylic acids is 1. The third kappa shape index (κ3) is 5.02. The monoisotopic (exact) mass is 512 g/mol. The van der Waals surface area contributed by atoms with E-state index in [0.29, 0.717) is 42.7 Å². The molecule has 1 aliphatic carbocycles. The van der Waals surface area contributed by atoms with Gasteiger partial charge in [0.1, 0.15) is 29.6 Å². The number of amides is 1. The Hall–Kier alpha value is -4.47. The number of allylic oxidation sites excluding steroid dienone is 2. The van der Waals surface area contributed by atoms with Gasteiger partial charge in [0.15, 0.2) is 0 Å². The number of carbonyl (C=O) groups is 1. The molecule has 0 fully saturated rings. The van der Waals surface area contributed by atoms with Crippen LogP contribution in [0.2, 0.25) is 0 Å². The third-order valence-electron chi connectivity index (χ3n) is 6.97. The summed E-state index contributed by atoms with van der Waals surface area (Å²) in [6, 6.07) is 7.60. The molecular formula is C28H28N6O4. The molecular weight excluding hydrogens is 484 g/mol. The topological polar surface area (TPSA) is 123 Å². The van der Waals surface area contributed by atoms with E-state index >= 15 is 0 Å². The van der Waals surface area contributed by atoms with Crippen molar-refractivity contribution in [2.45, 2.75) is 52.2 Å². The Kier molecular flexibility index (Phi) is 6.60. The number of oxazole rings is 1. The van der Waals surface area contributed by atoms with Crippen molar-refractivity contribution < 1.29 is 18.4 Å². The Morgan fingerprint density at radius 1 is 1.24 bits per heavy atom.